The van der Waals surface area contributed by atoms with Gasteiger partial charge in [-0.15, -0.1) is 10.2 Å². The fourth-order valence-corrected chi connectivity index (χ4v) is 3.01. The molecule has 10 heteroatoms. The summed E-state index contributed by atoms with van der Waals surface area (Å²) in [5, 5.41) is 30.3. The van der Waals surface area contributed by atoms with Gasteiger partial charge in [-0.1, -0.05) is 30.4 Å². The molecule has 1 aromatic heterocycles. The van der Waals surface area contributed by atoms with Crippen molar-refractivity contribution in [2.75, 3.05) is 0 Å². The lowest BCUT2D eigenvalue weighted by atomic mass is 10.2. The molecule has 0 saturated carbocycles. The van der Waals surface area contributed by atoms with Crippen molar-refractivity contribution >= 4 is 43.7 Å². The van der Waals surface area contributed by atoms with Crippen LogP contribution in [0.3, 0.4) is 0 Å². The second kappa shape index (κ2) is 6.69. The Morgan fingerprint density at radius 2 is 1.80 bits per heavy atom. The van der Waals surface area contributed by atoms with Gasteiger partial charge >= 0.3 is 5.69 Å². The third-order valence-corrected chi connectivity index (χ3v) is 4.34. The Bertz CT molecular complexity index is 997. The molecule has 0 aliphatic carbocycles. The van der Waals surface area contributed by atoms with E-state index in [1.165, 1.54) is 11.6 Å². The molecular weight excluding hydrogens is 346 g/mol. The van der Waals surface area contributed by atoms with Crippen molar-refractivity contribution in [2.24, 2.45) is 10.2 Å². The predicted molar refractivity (Wildman–Crippen MR) is 92.9 cm³/mol. The van der Waals surface area contributed by atoms with Crippen molar-refractivity contribution in [1.29, 1.82) is 0 Å². The zero-order chi connectivity index (χ0) is 18.0. The van der Waals surface area contributed by atoms with Crippen LogP contribution in [0.1, 0.15) is 12.5 Å². The highest BCUT2D eigenvalue weighted by Gasteiger charge is 2.22. The number of aryl methyl sites for hydroxylation is 1. The zero-order valence-electron chi connectivity index (χ0n) is 12.9. The molecule has 0 N–H and O–H groups in total. The number of hydrogen-bond donors (Lipinski definition) is 0. The number of benzene rings is 2. The average Bonchev–Trinajstić information content (AvgIpc) is 3.02. The molecule has 0 atom stereocenters. The Hall–Kier alpha value is -3.27. The van der Waals surface area contributed by atoms with E-state index in [1.807, 2.05) is 31.2 Å². The fourth-order valence-electron chi connectivity index (χ4n) is 2.17. The van der Waals surface area contributed by atoms with Crippen molar-refractivity contribution < 1.29 is 9.85 Å². The van der Waals surface area contributed by atoms with Gasteiger partial charge in [0.25, 0.3) is 5.69 Å². The maximum Gasteiger partial charge on any atom is 0.303 e. The van der Waals surface area contributed by atoms with Gasteiger partial charge in [0.1, 0.15) is 0 Å². The summed E-state index contributed by atoms with van der Waals surface area (Å²) in [6.07, 6.45) is 0.914. The largest absolute Gasteiger partial charge is 0.303 e. The predicted octanol–water partition coefficient (Wildman–Crippen LogP) is 5.09. The number of nitro benzene ring substituents is 2. The van der Waals surface area contributed by atoms with E-state index < -0.39 is 15.5 Å². The number of azo groups is 1. The van der Waals surface area contributed by atoms with Gasteiger partial charge in [0.2, 0.25) is 5.13 Å². The number of hydrogen-bond acceptors (Lipinski definition) is 8. The first-order chi connectivity index (χ1) is 12.0. The highest BCUT2D eigenvalue weighted by molar-refractivity contribution is 7.22. The van der Waals surface area contributed by atoms with E-state index in [1.54, 1.807) is 0 Å². The normalized spacial score (nSPS) is 11.2. The molecule has 0 aliphatic rings. The molecule has 126 valence electrons. The van der Waals surface area contributed by atoms with E-state index in [-0.39, 0.29) is 16.3 Å². The van der Waals surface area contributed by atoms with Gasteiger partial charge in [-0.3, -0.25) is 20.2 Å². The number of thiazole rings is 1. The summed E-state index contributed by atoms with van der Waals surface area (Å²) in [7, 11) is 0. The van der Waals surface area contributed by atoms with Gasteiger partial charge < -0.3 is 0 Å². The molecule has 0 saturated heterocycles. The topological polar surface area (TPSA) is 124 Å². The summed E-state index contributed by atoms with van der Waals surface area (Å²) in [4.78, 5) is 24.8. The highest BCUT2D eigenvalue weighted by atomic mass is 32.1. The summed E-state index contributed by atoms with van der Waals surface area (Å²) in [6.45, 7) is 2.05. The van der Waals surface area contributed by atoms with Crippen LogP contribution < -0.4 is 0 Å². The van der Waals surface area contributed by atoms with Crippen LogP contribution in [0.5, 0.6) is 0 Å². The standard InChI is InChI=1S/C15H11N5O4S/c1-2-9-3-5-10(6-4-9)17-18-15-16-14-12(20(23)24)7-11(19(21)22)8-13(14)25-15/h3-8H,2H2,1H3. The smallest absolute Gasteiger partial charge is 0.258 e. The van der Waals surface area contributed by atoms with Crippen molar-refractivity contribution in [3.63, 3.8) is 0 Å². The van der Waals surface area contributed by atoms with Crippen LogP contribution in [0.15, 0.2) is 46.6 Å². The van der Waals surface area contributed by atoms with Crippen LogP contribution in [0.25, 0.3) is 10.2 Å². The second-order valence-corrected chi connectivity index (χ2v) is 6.05. The van der Waals surface area contributed by atoms with Gasteiger partial charge in [-0.25, -0.2) is 4.98 Å². The van der Waals surface area contributed by atoms with E-state index in [0.717, 1.165) is 23.8 Å². The van der Waals surface area contributed by atoms with E-state index >= 15 is 0 Å². The molecule has 0 radical (unpaired) electrons. The maximum atomic E-state index is 11.1. The number of fused-ring (bicyclic) bond motifs is 1. The summed E-state index contributed by atoms with van der Waals surface area (Å²) < 4.78 is 0.316. The lowest BCUT2D eigenvalue weighted by Gasteiger charge is -1.95. The third-order valence-electron chi connectivity index (χ3n) is 3.45. The quantitative estimate of drug-likeness (QED) is 0.357. The molecule has 0 spiro atoms. The first-order valence-electron chi connectivity index (χ1n) is 7.22. The Kier molecular flexibility index (Phi) is 4.44. The first-order valence-corrected chi connectivity index (χ1v) is 8.03. The lowest BCUT2D eigenvalue weighted by Crippen LogP contribution is -1.93. The van der Waals surface area contributed by atoms with Gasteiger partial charge in [-0.2, -0.15) is 0 Å². The van der Waals surface area contributed by atoms with Gasteiger partial charge in [0.15, 0.2) is 5.52 Å². The monoisotopic (exact) mass is 357 g/mol. The molecule has 2 aromatic carbocycles. The summed E-state index contributed by atoms with van der Waals surface area (Å²) in [5.74, 6) is 0. The Labute approximate surface area is 145 Å². The molecule has 3 rings (SSSR count). The van der Waals surface area contributed by atoms with Crippen LogP contribution in [-0.4, -0.2) is 14.8 Å². The zero-order valence-corrected chi connectivity index (χ0v) is 13.8. The second-order valence-electron chi connectivity index (χ2n) is 5.04. The van der Waals surface area contributed by atoms with Crippen molar-refractivity contribution in [3.05, 3.63) is 62.2 Å². The van der Waals surface area contributed by atoms with Crippen molar-refractivity contribution in [1.82, 2.24) is 4.98 Å². The number of nitrogens with zero attached hydrogens (tertiary/aromatic N) is 5. The molecule has 25 heavy (non-hydrogen) atoms. The van der Waals surface area contributed by atoms with Crippen molar-refractivity contribution in [2.45, 2.75) is 13.3 Å². The summed E-state index contributed by atoms with van der Waals surface area (Å²) >= 11 is 1.01. The van der Waals surface area contributed by atoms with E-state index in [2.05, 4.69) is 15.2 Å². The minimum atomic E-state index is -0.695. The lowest BCUT2D eigenvalue weighted by molar-refractivity contribution is -0.393. The van der Waals surface area contributed by atoms with Crippen LogP contribution in [-0.2, 0) is 6.42 Å². The van der Waals surface area contributed by atoms with Crippen molar-refractivity contribution in [3.8, 4) is 0 Å². The molecule has 3 aromatic rings. The molecule has 0 aliphatic heterocycles. The molecule has 0 unspecified atom stereocenters. The van der Waals surface area contributed by atoms with Gasteiger partial charge in [0.05, 0.1) is 26.3 Å². The Balaban J connectivity index is 1.99. The summed E-state index contributed by atoms with van der Waals surface area (Å²) in [6, 6.07) is 9.62. The third kappa shape index (κ3) is 3.48. The summed E-state index contributed by atoms with van der Waals surface area (Å²) in [5.41, 5.74) is 1.07. The molecule has 0 bridgehead atoms. The average molecular weight is 357 g/mol. The van der Waals surface area contributed by atoms with Gasteiger partial charge in [-0.05, 0) is 24.1 Å². The van der Waals surface area contributed by atoms with Crippen LogP contribution in [0.2, 0.25) is 0 Å². The van der Waals surface area contributed by atoms with E-state index in [9.17, 15) is 20.2 Å². The van der Waals surface area contributed by atoms with Crippen LogP contribution >= 0.6 is 11.3 Å². The van der Waals surface area contributed by atoms with E-state index in [0.29, 0.717) is 10.4 Å². The fraction of sp³-hybridized carbons (Fsp3) is 0.133. The number of non-ortho nitro benzene ring substituents is 2. The molecule has 1 heterocycles. The SMILES string of the molecule is CCc1ccc(N=Nc2nc3c([N+](=O)[O-])cc([N+](=O)[O-])cc3s2)cc1. The number of rotatable bonds is 5. The Morgan fingerprint density at radius 1 is 1.08 bits per heavy atom. The first kappa shape index (κ1) is 16.6. The van der Waals surface area contributed by atoms with Crippen LogP contribution in [0, 0.1) is 20.2 Å². The molecule has 0 amide bonds. The minimum absolute atomic E-state index is 0.0656. The van der Waals surface area contributed by atoms with Gasteiger partial charge in [0, 0.05) is 6.07 Å². The number of nitro groups is 2. The highest BCUT2D eigenvalue weighted by Crippen LogP contribution is 2.37. The molecule has 0 fully saturated rings. The molecule has 9 nitrogen and oxygen atoms in total. The van der Waals surface area contributed by atoms with E-state index in [4.69, 9.17) is 0 Å². The minimum Gasteiger partial charge on any atom is -0.258 e. The molecular formula is C15H11N5O4S. The Morgan fingerprint density at radius 3 is 2.40 bits per heavy atom. The van der Waals surface area contributed by atoms with Crippen LogP contribution in [0.4, 0.5) is 22.2 Å². The maximum absolute atomic E-state index is 11.1. The number of aromatic nitrogens is 1.